The normalized spacial score (nSPS) is 16.0. The molecular formula is C15H24N4O. The van der Waals surface area contributed by atoms with Gasteiger partial charge in [-0.2, -0.15) is 5.06 Å². The zero-order valence-electron chi connectivity index (χ0n) is 11.9. The molecule has 0 saturated carbocycles. The van der Waals surface area contributed by atoms with E-state index in [0.29, 0.717) is 6.61 Å². The van der Waals surface area contributed by atoms with Crippen molar-refractivity contribution in [2.45, 2.75) is 25.7 Å². The van der Waals surface area contributed by atoms with Gasteiger partial charge in [0.05, 0.1) is 12.3 Å². The fourth-order valence-corrected chi connectivity index (χ4v) is 2.47. The third-order valence-electron chi connectivity index (χ3n) is 3.50. The van der Waals surface area contributed by atoms with Crippen molar-refractivity contribution in [1.29, 1.82) is 5.41 Å². The Morgan fingerprint density at radius 1 is 1.20 bits per heavy atom. The second-order valence-corrected chi connectivity index (χ2v) is 5.10. The first-order valence-electron chi connectivity index (χ1n) is 7.32. The summed E-state index contributed by atoms with van der Waals surface area (Å²) in [6.07, 6.45) is 4.94. The van der Waals surface area contributed by atoms with E-state index in [1.165, 1.54) is 37.4 Å². The van der Waals surface area contributed by atoms with Gasteiger partial charge in [0.1, 0.15) is 0 Å². The van der Waals surface area contributed by atoms with Crippen LogP contribution in [-0.4, -0.2) is 37.1 Å². The fraction of sp³-hybridized carbons (Fsp3) is 0.533. The number of hydrogen-bond acceptors (Lipinski definition) is 3. The van der Waals surface area contributed by atoms with Crippen LogP contribution in [0.1, 0.15) is 25.7 Å². The maximum Gasteiger partial charge on any atom is 0.217 e. The number of guanidine groups is 1. The van der Waals surface area contributed by atoms with E-state index in [1.807, 2.05) is 30.3 Å². The molecule has 0 bridgehead atoms. The van der Waals surface area contributed by atoms with Crippen LogP contribution in [0.4, 0.5) is 5.69 Å². The Labute approximate surface area is 120 Å². The first kappa shape index (κ1) is 14.8. The maximum atomic E-state index is 7.59. The molecule has 0 aromatic heterocycles. The molecule has 0 radical (unpaired) electrons. The van der Waals surface area contributed by atoms with Crippen LogP contribution in [0.3, 0.4) is 0 Å². The molecule has 0 atom stereocenters. The second-order valence-electron chi connectivity index (χ2n) is 5.10. The number of nitrogens with two attached hydrogens (primary N) is 1. The van der Waals surface area contributed by atoms with E-state index in [4.69, 9.17) is 16.0 Å². The lowest BCUT2D eigenvalue weighted by atomic mass is 10.1. The molecule has 1 saturated heterocycles. The molecule has 0 amide bonds. The Morgan fingerprint density at radius 3 is 2.55 bits per heavy atom. The summed E-state index contributed by atoms with van der Waals surface area (Å²) in [5.41, 5.74) is 6.36. The quantitative estimate of drug-likeness (QED) is 0.362. The predicted octanol–water partition coefficient (Wildman–Crippen LogP) is 2.19. The average Bonchev–Trinajstić information content (AvgIpc) is 2.49. The van der Waals surface area contributed by atoms with Crippen LogP contribution in [0.5, 0.6) is 0 Å². The highest BCUT2D eigenvalue weighted by Crippen LogP contribution is 2.13. The van der Waals surface area contributed by atoms with Crippen molar-refractivity contribution in [2.75, 3.05) is 31.3 Å². The number of nitrogens with zero attached hydrogens (tertiary/aromatic N) is 2. The van der Waals surface area contributed by atoms with Gasteiger partial charge < -0.3 is 10.6 Å². The summed E-state index contributed by atoms with van der Waals surface area (Å²) in [7, 11) is 0. The van der Waals surface area contributed by atoms with Gasteiger partial charge in [-0.3, -0.25) is 10.2 Å². The van der Waals surface area contributed by atoms with E-state index < -0.39 is 0 Å². The Balaban J connectivity index is 1.74. The first-order chi connectivity index (χ1) is 9.77. The number of piperidine rings is 1. The summed E-state index contributed by atoms with van der Waals surface area (Å²) >= 11 is 0. The number of hydroxylamine groups is 1. The Morgan fingerprint density at radius 2 is 1.90 bits per heavy atom. The Hall–Kier alpha value is -1.59. The van der Waals surface area contributed by atoms with Crippen molar-refractivity contribution >= 4 is 11.6 Å². The number of likely N-dealkylation sites (tertiary alicyclic amines) is 1. The molecule has 3 N–H and O–H groups in total. The van der Waals surface area contributed by atoms with Crippen molar-refractivity contribution in [3.8, 4) is 0 Å². The van der Waals surface area contributed by atoms with E-state index in [0.717, 1.165) is 18.7 Å². The van der Waals surface area contributed by atoms with Crippen molar-refractivity contribution in [3.05, 3.63) is 30.3 Å². The molecule has 0 aliphatic carbocycles. The highest BCUT2D eigenvalue weighted by Gasteiger charge is 2.12. The third kappa shape index (κ3) is 4.51. The molecule has 110 valence electrons. The van der Waals surface area contributed by atoms with E-state index in [1.54, 1.807) is 0 Å². The third-order valence-corrected chi connectivity index (χ3v) is 3.50. The van der Waals surface area contributed by atoms with Gasteiger partial charge in [0.25, 0.3) is 0 Å². The van der Waals surface area contributed by atoms with Gasteiger partial charge in [-0.1, -0.05) is 24.6 Å². The molecule has 0 unspecified atom stereocenters. The highest BCUT2D eigenvalue weighted by molar-refractivity contribution is 5.90. The Kier molecular flexibility index (Phi) is 5.83. The van der Waals surface area contributed by atoms with Crippen LogP contribution in [0.2, 0.25) is 0 Å². The van der Waals surface area contributed by atoms with Gasteiger partial charge in [-0.15, -0.1) is 0 Å². The molecule has 20 heavy (non-hydrogen) atoms. The van der Waals surface area contributed by atoms with Gasteiger partial charge in [0.2, 0.25) is 5.96 Å². The largest absolute Gasteiger partial charge is 0.368 e. The minimum absolute atomic E-state index is 0.0887. The molecule has 1 aromatic rings. The fourth-order valence-electron chi connectivity index (χ4n) is 2.47. The van der Waals surface area contributed by atoms with E-state index in [2.05, 4.69) is 4.90 Å². The van der Waals surface area contributed by atoms with Crippen LogP contribution < -0.4 is 10.8 Å². The molecule has 1 aliphatic rings. The zero-order chi connectivity index (χ0) is 14.2. The van der Waals surface area contributed by atoms with Crippen molar-refractivity contribution in [2.24, 2.45) is 5.73 Å². The molecule has 5 heteroatoms. The van der Waals surface area contributed by atoms with Crippen molar-refractivity contribution in [3.63, 3.8) is 0 Å². The van der Waals surface area contributed by atoms with Gasteiger partial charge in [0, 0.05) is 6.54 Å². The molecule has 2 rings (SSSR count). The predicted molar refractivity (Wildman–Crippen MR) is 81.7 cm³/mol. The lowest BCUT2D eigenvalue weighted by molar-refractivity contribution is 0.122. The first-order valence-corrected chi connectivity index (χ1v) is 7.32. The lowest BCUT2D eigenvalue weighted by Crippen LogP contribution is -2.37. The number of rotatable bonds is 6. The molecule has 1 heterocycles. The molecular weight excluding hydrogens is 252 g/mol. The average molecular weight is 276 g/mol. The minimum atomic E-state index is -0.0887. The SMILES string of the molecule is N=C(N)N(OCCCN1CCCCC1)c1ccccc1. The summed E-state index contributed by atoms with van der Waals surface area (Å²) in [4.78, 5) is 8.12. The standard InChI is InChI=1S/C15H24N4O/c16-15(17)19(14-8-3-1-4-9-14)20-13-7-12-18-10-5-2-6-11-18/h1,3-4,8-9H,2,5-7,10-13H2,(H3,16,17). The molecule has 0 spiro atoms. The smallest absolute Gasteiger partial charge is 0.217 e. The summed E-state index contributed by atoms with van der Waals surface area (Å²) in [6.45, 7) is 4.04. The Bertz CT molecular complexity index is 404. The zero-order valence-corrected chi connectivity index (χ0v) is 11.9. The lowest BCUT2D eigenvalue weighted by Gasteiger charge is -2.27. The van der Waals surface area contributed by atoms with Crippen molar-refractivity contribution < 1.29 is 4.84 Å². The topological polar surface area (TPSA) is 65.6 Å². The maximum absolute atomic E-state index is 7.59. The van der Waals surface area contributed by atoms with Gasteiger partial charge >= 0.3 is 0 Å². The highest BCUT2D eigenvalue weighted by atomic mass is 16.7. The summed E-state index contributed by atoms with van der Waals surface area (Å²) < 4.78 is 0. The van der Waals surface area contributed by atoms with Crippen LogP contribution in [-0.2, 0) is 4.84 Å². The van der Waals surface area contributed by atoms with Crippen LogP contribution in [0.25, 0.3) is 0 Å². The number of benzene rings is 1. The van der Waals surface area contributed by atoms with Gasteiger partial charge in [-0.05, 0) is 44.5 Å². The summed E-state index contributed by atoms with van der Waals surface area (Å²) in [6, 6.07) is 9.50. The van der Waals surface area contributed by atoms with E-state index in [9.17, 15) is 0 Å². The van der Waals surface area contributed by atoms with Crippen LogP contribution in [0.15, 0.2) is 30.3 Å². The van der Waals surface area contributed by atoms with Crippen molar-refractivity contribution in [1.82, 2.24) is 4.90 Å². The van der Waals surface area contributed by atoms with Crippen LogP contribution >= 0.6 is 0 Å². The number of para-hydroxylation sites is 1. The van der Waals surface area contributed by atoms with Crippen LogP contribution in [0, 0.1) is 5.41 Å². The monoisotopic (exact) mass is 276 g/mol. The number of hydrogen-bond donors (Lipinski definition) is 2. The van der Waals surface area contributed by atoms with Gasteiger partial charge in [0.15, 0.2) is 0 Å². The van der Waals surface area contributed by atoms with E-state index in [-0.39, 0.29) is 5.96 Å². The molecule has 1 aromatic carbocycles. The molecule has 1 fully saturated rings. The van der Waals surface area contributed by atoms with Gasteiger partial charge in [-0.25, -0.2) is 0 Å². The number of anilines is 1. The van der Waals surface area contributed by atoms with E-state index >= 15 is 0 Å². The summed E-state index contributed by atoms with van der Waals surface area (Å²) in [5, 5.41) is 8.97. The second kappa shape index (κ2) is 7.87. The molecule has 1 aliphatic heterocycles. The molecule has 5 nitrogen and oxygen atoms in total. The number of nitrogens with one attached hydrogen (secondary N) is 1. The minimum Gasteiger partial charge on any atom is -0.368 e. The summed E-state index contributed by atoms with van der Waals surface area (Å²) in [5.74, 6) is -0.0887.